The van der Waals surface area contributed by atoms with Gasteiger partial charge < -0.3 is 4.74 Å². The van der Waals surface area contributed by atoms with Crippen LogP contribution in [0.3, 0.4) is 0 Å². The number of carbonyl (C=O) groups is 1. The number of ether oxygens (including phenoxy) is 1. The van der Waals surface area contributed by atoms with Gasteiger partial charge in [-0.25, -0.2) is 0 Å². The molecule has 3 heteroatoms. The van der Waals surface area contributed by atoms with E-state index in [-0.39, 0.29) is 5.97 Å². The third kappa shape index (κ3) is 24.0. The van der Waals surface area contributed by atoms with Crippen LogP contribution in [0.1, 0.15) is 142 Å². The van der Waals surface area contributed by atoms with Gasteiger partial charge in [0, 0.05) is 11.2 Å². The molecule has 168 valence electrons. The van der Waals surface area contributed by atoms with E-state index in [1.54, 1.807) is 0 Å². The molecule has 28 heavy (non-hydrogen) atoms. The van der Waals surface area contributed by atoms with Crippen molar-refractivity contribution in [3.63, 3.8) is 0 Å². The van der Waals surface area contributed by atoms with Gasteiger partial charge in [0.15, 0.2) is 0 Å². The molecule has 2 nitrogen and oxygen atoms in total. The highest BCUT2D eigenvalue weighted by molar-refractivity contribution is 9.09. The van der Waals surface area contributed by atoms with E-state index in [0.717, 1.165) is 12.8 Å². The zero-order chi connectivity index (χ0) is 20.7. The summed E-state index contributed by atoms with van der Waals surface area (Å²) >= 11 is 3.45. The van der Waals surface area contributed by atoms with Crippen molar-refractivity contribution in [2.45, 2.75) is 147 Å². The van der Waals surface area contributed by atoms with Crippen molar-refractivity contribution >= 4 is 21.9 Å². The zero-order valence-corrected chi connectivity index (χ0v) is 20.7. The lowest BCUT2D eigenvalue weighted by atomic mass is 10.0. The molecule has 0 radical (unpaired) electrons. The van der Waals surface area contributed by atoms with Crippen LogP contribution in [-0.4, -0.2) is 17.4 Å². The summed E-state index contributed by atoms with van der Waals surface area (Å²) in [5.41, 5.74) is 0. The SMILES string of the molecule is CCCCCCCCCCCCCCCCCCCCOC(=O)CCC(C)Br. The molecular weight excluding hydrogens is 412 g/mol. The Balaban J connectivity index is 3.07. The summed E-state index contributed by atoms with van der Waals surface area (Å²) < 4.78 is 5.26. The van der Waals surface area contributed by atoms with Gasteiger partial charge in [0.1, 0.15) is 0 Å². The fourth-order valence-electron chi connectivity index (χ4n) is 3.58. The molecule has 1 unspecified atom stereocenters. The maximum absolute atomic E-state index is 11.5. The third-order valence-electron chi connectivity index (χ3n) is 5.51. The predicted molar refractivity (Wildman–Crippen MR) is 127 cm³/mol. The van der Waals surface area contributed by atoms with E-state index in [1.807, 2.05) is 0 Å². The van der Waals surface area contributed by atoms with E-state index in [9.17, 15) is 4.79 Å². The number of rotatable bonds is 22. The van der Waals surface area contributed by atoms with Crippen LogP contribution in [0.2, 0.25) is 0 Å². The summed E-state index contributed by atoms with van der Waals surface area (Å²) in [6.07, 6.45) is 26.2. The summed E-state index contributed by atoms with van der Waals surface area (Å²) in [6, 6.07) is 0. The molecule has 0 fully saturated rings. The fraction of sp³-hybridized carbons (Fsp3) is 0.960. The second kappa shape index (κ2) is 23.2. The van der Waals surface area contributed by atoms with Gasteiger partial charge in [-0.2, -0.15) is 0 Å². The first-order valence-electron chi connectivity index (χ1n) is 12.5. The molecule has 0 aliphatic heterocycles. The molecule has 0 aromatic carbocycles. The highest BCUT2D eigenvalue weighted by Crippen LogP contribution is 2.14. The number of alkyl halides is 1. The number of hydrogen-bond donors (Lipinski definition) is 0. The molecule has 0 aliphatic rings. The van der Waals surface area contributed by atoms with Crippen LogP contribution in [0.15, 0.2) is 0 Å². The number of halogens is 1. The molecule has 0 saturated heterocycles. The number of unbranched alkanes of at least 4 members (excludes halogenated alkanes) is 17. The summed E-state index contributed by atoms with van der Waals surface area (Å²) in [6.45, 7) is 4.95. The van der Waals surface area contributed by atoms with E-state index < -0.39 is 0 Å². The van der Waals surface area contributed by atoms with Gasteiger partial charge in [-0.1, -0.05) is 139 Å². The summed E-state index contributed by atoms with van der Waals surface area (Å²) in [7, 11) is 0. The van der Waals surface area contributed by atoms with E-state index >= 15 is 0 Å². The second-order valence-corrected chi connectivity index (χ2v) is 10.1. The Labute approximate surface area is 185 Å². The van der Waals surface area contributed by atoms with Gasteiger partial charge >= 0.3 is 5.97 Å². The molecule has 0 aromatic heterocycles. The van der Waals surface area contributed by atoms with Crippen LogP contribution in [0.5, 0.6) is 0 Å². The van der Waals surface area contributed by atoms with Gasteiger partial charge in [0.2, 0.25) is 0 Å². The predicted octanol–water partition coefficient (Wildman–Crippen LogP) is 9.13. The lowest BCUT2D eigenvalue weighted by Crippen LogP contribution is -2.07. The molecule has 0 bridgehead atoms. The lowest BCUT2D eigenvalue weighted by molar-refractivity contribution is -0.143. The van der Waals surface area contributed by atoms with Crippen molar-refractivity contribution in [2.24, 2.45) is 0 Å². The number of carbonyl (C=O) groups excluding carboxylic acids is 1. The van der Waals surface area contributed by atoms with Crippen molar-refractivity contribution in [3.8, 4) is 0 Å². The Morgan fingerprint density at radius 3 is 1.39 bits per heavy atom. The minimum absolute atomic E-state index is 0.0433. The van der Waals surface area contributed by atoms with Crippen LogP contribution < -0.4 is 0 Å². The summed E-state index contributed by atoms with van der Waals surface area (Å²) in [5.74, 6) is -0.0433. The van der Waals surface area contributed by atoms with Crippen molar-refractivity contribution in [1.82, 2.24) is 0 Å². The average Bonchev–Trinajstić information content (AvgIpc) is 2.68. The van der Waals surface area contributed by atoms with Crippen molar-refractivity contribution < 1.29 is 9.53 Å². The Kier molecular flexibility index (Phi) is 23.2. The normalized spacial score (nSPS) is 12.2. The summed E-state index contributed by atoms with van der Waals surface area (Å²) in [5, 5.41) is 0. The minimum atomic E-state index is -0.0433. The second-order valence-electron chi connectivity index (χ2n) is 8.55. The van der Waals surface area contributed by atoms with Gasteiger partial charge in [0.25, 0.3) is 0 Å². The maximum atomic E-state index is 11.5. The Bertz CT molecular complexity index is 318. The fourth-order valence-corrected chi connectivity index (χ4v) is 3.81. The zero-order valence-electron chi connectivity index (χ0n) is 19.1. The average molecular weight is 462 g/mol. The smallest absolute Gasteiger partial charge is 0.305 e. The molecule has 0 rings (SSSR count). The monoisotopic (exact) mass is 460 g/mol. The molecule has 0 aliphatic carbocycles. The highest BCUT2D eigenvalue weighted by atomic mass is 79.9. The van der Waals surface area contributed by atoms with Crippen molar-refractivity contribution in [3.05, 3.63) is 0 Å². The molecular formula is C25H49BrO2. The maximum Gasteiger partial charge on any atom is 0.305 e. The Morgan fingerprint density at radius 1 is 0.679 bits per heavy atom. The number of hydrogen-bond acceptors (Lipinski definition) is 2. The van der Waals surface area contributed by atoms with Crippen molar-refractivity contribution in [2.75, 3.05) is 6.61 Å². The molecule has 0 aromatic rings. The third-order valence-corrected chi connectivity index (χ3v) is 5.97. The molecule has 0 amide bonds. The van der Waals surface area contributed by atoms with Gasteiger partial charge in [-0.05, 0) is 12.8 Å². The van der Waals surface area contributed by atoms with Crippen molar-refractivity contribution in [1.29, 1.82) is 0 Å². The van der Waals surface area contributed by atoms with Crippen LogP contribution in [0.4, 0.5) is 0 Å². The highest BCUT2D eigenvalue weighted by Gasteiger charge is 2.04. The molecule has 1 atom stereocenters. The van der Waals surface area contributed by atoms with Crippen LogP contribution in [-0.2, 0) is 9.53 Å². The standard InChI is InChI=1S/C25H49BrO2/c1-3-4-5-6-7-8-9-10-11-12-13-14-15-16-17-18-19-20-23-28-25(27)22-21-24(2)26/h24H,3-23H2,1-2H3. The van der Waals surface area contributed by atoms with Crippen LogP contribution in [0.25, 0.3) is 0 Å². The number of esters is 1. The van der Waals surface area contributed by atoms with Gasteiger partial charge in [-0.3, -0.25) is 4.79 Å². The summed E-state index contributed by atoms with van der Waals surface area (Å²) in [4.78, 5) is 11.9. The van der Waals surface area contributed by atoms with E-state index in [4.69, 9.17) is 4.74 Å². The lowest BCUT2D eigenvalue weighted by Gasteiger charge is -2.06. The van der Waals surface area contributed by atoms with Gasteiger partial charge in [0.05, 0.1) is 6.61 Å². The first-order chi connectivity index (χ1) is 13.7. The quantitative estimate of drug-likeness (QED) is 0.0913. The van der Waals surface area contributed by atoms with Crippen LogP contribution >= 0.6 is 15.9 Å². The Hall–Kier alpha value is -0.0500. The largest absolute Gasteiger partial charge is 0.466 e. The van der Waals surface area contributed by atoms with Crippen LogP contribution in [0, 0.1) is 0 Å². The van der Waals surface area contributed by atoms with Gasteiger partial charge in [-0.15, -0.1) is 0 Å². The van der Waals surface area contributed by atoms with E-state index in [1.165, 1.54) is 109 Å². The molecule has 0 saturated carbocycles. The first-order valence-corrected chi connectivity index (χ1v) is 13.4. The molecule has 0 heterocycles. The Morgan fingerprint density at radius 2 is 1.04 bits per heavy atom. The molecule has 0 spiro atoms. The topological polar surface area (TPSA) is 26.3 Å². The van der Waals surface area contributed by atoms with E-state index in [2.05, 4.69) is 29.8 Å². The molecule has 0 N–H and O–H groups in total. The van der Waals surface area contributed by atoms with E-state index in [0.29, 0.717) is 17.9 Å². The first kappa shape index (κ1) is 27.9. The minimum Gasteiger partial charge on any atom is -0.466 e.